The molecular weight excluding hydrogens is 440 g/mol. The van der Waals surface area contributed by atoms with Crippen molar-refractivity contribution in [1.82, 2.24) is 24.7 Å². The van der Waals surface area contributed by atoms with Crippen LogP contribution in [0.4, 0.5) is 5.69 Å². The number of anilines is 1. The van der Waals surface area contributed by atoms with Gasteiger partial charge in [-0.05, 0) is 43.2 Å². The Morgan fingerprint density at radius 3 is 2.58 bits per heavy atom. The summed E-state index contributed by atoms with van der Waals surface area (Å²) in [5.41, 5.74) is 3.06. The van der Waals surface area contributed by atoms with Gasteiger partial charge < -0.3 is 10.3 Å². The molecule has 4 aromatic rings. The van der Waals surface area contributed by atoms with Crippen molar-refractivity contribution in [3.8, 4) is 5.69 Å². The molecule has 2 heterocycles. The lowest BCUT2D eigenvalue weighted by atomic mass is 10.1. The Morgan fingerprint density at radius 1 is 1.03 bits per heavy atom. The molecule has 1 amide bonds. The molecular formula is C23H22N6O3S. The number of rotatable bonds is 7. The summed E-state index contributed by atoms with van der Waals surface area (Å²) in [6, 6.07) is 16.5. The van der Waals surface area contributed by atoms with Gasteiger partial charge in [-0.25, -0.2) is 4.79 Å². The largest absolute Gasteiger partial charge is 0.325 e. The minimum Gasteiger partial charge on any atom is -0.325 e. The zero-order chi connectivity index (χ0) is 23.4. The second-order valence-electron chi connectivity index (χ2n) is 7.44. The topological polar surface area (TPSA) is 126 Å². The molecule has 9 nitrogen and oxygen atoms in total. The van der Waals surface area contributed by atoms with E-state index in [4.69, 9.17) is 0 Å². The Morgan fingerprint density at radius 2 is 1.82 bits per heavy atom. The van der Waals surface area contributed by atoms with Crippen LogP contribution in [-0.4, -0.2) is 36.4 Å². The van der Waals surface area contributed by atoms with Crippen LogP contribution < -0.4 is 16.6 Å². The smallest absolute Gasteiger partial charge is 0.325 e. The highest BCUT2D eigenvalue weighted by atomic mass is 32.2. The van der Waals surface area contributed by atoms with E-state index in [1.165, 1.54) is 17.8 Å². The van der Waals surface area contributed by atoms with Gasteiger partial charge in [0, 0.05) is 29.6 Å². The van der Waals surface area contributed by atoms with Crippen molar-refractivity contribution in [3.05, 3.63) is 98.1 Å². The number of aromatic nitrogens is 5. The van der Waals surface area contributed by atoms with Crippen LogP contribution in [0.15, 0.2) is 69.3 Å². The Kier molecular flexibility index (Phi) is 6.55. The van der Waals surface area contributed by atoms with Crippen molar-refractivity contribution in [2.45, 2.75) is 25.4 Å². The number of aromatic amines is 2. The van der Waals surface area contributed by atoms with Crippen LogP contribution in [0.2, 0.25) is 0 Å². The molecule has 2 aromatic carbocycles. The third-order valence-electron chi connectivity index (χ3n) is 5.09. The van der Waals surface area contributed by atoms with E-state index < -0.39 is 11.2 Å². The van der Waals surface area contributed by atoms with E-state index in [0.29, 0.717) is 16.7 Å². The van der Waals surface area contributed by atoms with Crippen LogP contribution in [0.3, 0.4) is 0 Å². The van der Waals surface area contributed by atoms with Crippen molar-refractivity contribution >= 4 is 23.4 Å². The summed E-state index contributed by atoms with van der Waals surface area (Å²) in [5, 5.41) is 12.0. The molecule has 0 fully saturated rings. The maximum atomic E-state index is 12.6. The molecule has 0 aliphatic rings. The van der Waals surface area contributed by atoms with Gasteiger partial charge in [0.15, 0.2) is 5.16 Å². The van der Waals surface area contributed by atoms with Crippen LogP contribution in [-0.2, 0) is 11.2 Å². The Bertz CT molecular complexity index is 1380. The fourth-order valence-electron chi connectivity index (χ4n) is 3.33. The van der Waals surface area contributed by atoms with Gasteiger partial charge in [-0.3, -0.25) is 19.1 Å². The molecule has 0 saturated carbocycles. The molecule has 4 rings (SSSR count). The van der Waals surface area contributed by atoms with Crippen molar-refractivity contribution in [2.75, 3.05) is 11.1 Å². The molecule has 3 N–H and O–H groups in total. The average molecular weight is 463 g/mol. The molecule has 0 bridgehead atoms. The first-order valence-electron chi connectivity index (χ1n) is 10.2. The highest BCUT2D eigenvalue weighted by Gasteiger charge is 2.17. The molecule has 0 unspecified atom stereocenters. The van der Waals surface area contributed by atoms with Gasteiger partial charge in [-0.15, -0.1) is 10.2 Å². The van der Waals surface area contributed by atoms with Crippen LogP contribution >= 0.6 is 11.8 Å². The molecule has 0 spiro atoms. The lowest BCUT2D eigenvalue weighted by Gasteiger charge is -2.11. The zero-order valence-electron chi connectivity index (χ0n) is 18.1. The predicted molar refractivity (Wildman–Crippen MR) is 127 cm³/mol. The minimum absolute atomic E-state index is 0.139. The number of H-pyrrole nitrogens is 2. The summed E-state index contributed by atoms with van der Waals surface area (Å²) in [6.07, 6.45) is 0.191. The van der Waals surface area contributed by atoms with Crippen molar-refractivity contribution in [1.29, 1.82) is 0 Å². The number of benzene rings is 2. The minimum atomic E-state index is -0.582. The SMILES string of the molecule is Cc1cccc(NC(=O)CSc2nnc(Cc3cc(=O)[nH]c(=O)[nH]3)n2-c2ccccc2)c1C. The summed E-state index contributed by atoms with van der Waals surface area (Å²) in [6.45, 7) is 3.97. The molecule has 10 heteroatoms. The second-order valence-corrected chi connectivity index (χ2v) is 8.39. The van der Waals surface area contributed by atoms with E-state index in [1.54, 1.807) is 0 Å². The molecule has 0 aliphatic carbocycles. The lowest BCUT2D eigenvalue weighted by Crippen LogP contribution is -2.23. The quantitative estimate of drug-likeness (QED) is 0.363. The summed E-state index contributed by atoms with van der Waals surface area (Å²) in [7, 11) is 0. The standard InChI is InChI=1S/C23H22N6O3S/c1-14-7-6-10-18(15(14)2)25-21(31)13-33-23-28-27-19(29(23)17-8-4-3-5-9-17)11-16-12-20(30)26-22(32)24-16/h3-10,12H,11,13H2,1-2H3,(H,25,31)(H2,24,26,30,32). The van der Waals surface area contributed by atoms with Crippen LogP contribution in [0.25, 0.3) is 5.69 Å². The number of carbonyl (C=O) groups is 1. The number of carbonyl (C=O) groups excluding carboxylic acids is 1. The van der Waals surface area contributed by atoms with Gasteiger partial charge in [0.25, 0.3) is 5.56 Å². The first-order chi connectivity index (χ1) is 15.9. The number of thioether (sulfide) groups is 1. The van der Waals surface area contributed by atoms with Gasteiger partial charge in [-0.1, -0.05) is 42.1 Å². The number of nitrogens with zero attached hydrogens (tertiary/aromatic N) is 3. The fraction of sp³-hybridized carbons (Fsp3) is 0.174. The maximum Gasteiger partial charge on any atom is 0.325 e. The van der Waals surface area contributed by atoms with Gasteiger partial charge in [0.2, 0.25) is 5.91 Å². The van der Waals surface area contributed by atoms with E-state index in [-0.39, 0.29) is 18.1 Å². The van der Waals surface area contributed by atoms with E-state index in [9.17, 15) is 14.4 Å². The average Bonchev–Trinajstić information content (AvgIpc) is 3.17. The second kappa shape index (κ2) is 9.70. The summed E-state index contributed by atoms with van der Waals surface area (Å²) >= 11 is 1.25. The van der Waals surface area contributed by atoms with Crippen molar-refractivity contribution in [3.63, 3.8) is 0 Å². The highest BCUT2D eigenvalue weighted by Crippen LogP contribution is 2.24. The predicted octanol–water partition coefficient (Wildman–Crippen LogP) is 2.58. The van der Waals surface area contributed by atoms with Gasteiger partial charge in [0.1, 0.15) is 5.82 Å². The summed E-state index contributed by atoms with van der Waals surface area (Å²) in [4.78, 5) is 40.7. The van der Waals surface area contributed by atoms with Gasteiger partial charge >= 0.3 is 5.69 Å². The number of aryl methyl sites for hydroxylation is 1. The van der Waals surface area contributed by atoms with E-state index in [2.05, 4.69) is 25.5 Å². The van der Waals surface area contributed by atoms with E-state index >= 15 is 0 Å². The van der Waals surface area contributed by atoms with Gasteiger partial charge in [0.05, 0.1) is 5.75 Å². The van der Waals surface area contributed by atoms with Crippen LogP contribution in [0, 0.1) is 13.8 Å². The molecule has 0 radical (unpaired) electrons. The lowest BCUT2D eigenvalue weighted by molar-refractivity contribution is -0.113. The number of hydrogen-bond donors (Lipinski definition) is 3. The zero-order valence-corrected chi connectivity index (χ0v) is 18.9. The van der Waals surface area contributed by atoms with Crippen molar-refractivity contribution < 1.29 is 4.79 Å². The maximum absolute atomic E-state index is 12.6. The van der Waals surface area contributed by atoms with E-state index in [1.807, 2.05) is 66.9 Å². The Hall–Kier alpha value is -3.92. The molecule has 168 valence electrons. The molecule has 0 saturated heterocycles. The number of nitrogens with one attached hydrogen (secondary N) is 3. The number of para-hydroxylation sites is 1. The normalized spacial score (nSPS) is 10.8. The van der Waals surface area contributed by atoms with Crippen LogP contribution in [0.5, 0.6) is 0 Å². The monoisotopic (exact) mass is 462 g/mol. The highest BCUT2D eigenvalue weighted by molar-refractivity contribution is 7.99. The first-order valence-corrected chi connectivity index (χ1v) is 11.2. The molecule has 0 atom stereocenters. The van der Waals surface area contributed by atoms with Gasteiger partial charge in [-0.2, -0.15) is 0 Å². The number of amides is 1. The third kappa shape index (κ3) is 5.29. The Labute approximate surface area is 193 Å². The fourth-order valence-corrected chi connectivity index (χ4v) is 4.10. The van der Waals surface area contributed by atoms with E-state index in [0.717, 1.165) is 22.5 Å². The summed E-state index contributed by atoms with van der Waals surface area (Å²) < 4.78 is 1.81. The van der Waals surface area contributed by atoms with Crippen LogP contribution in [0.1, 0.15) is 22.6 Å². The Balaban J connectivity index is 1.58. The molecule has 0 aliphatic heterocycles. The molecule has 2 aromatic heterocycles. The van der Waals surface area contributed by atoms with Crippen molar-refractivity contribution in [2.24, 2.45) is 0 Å². The number of hydrogen-bond acceptors (Lipinski definition) is 6. The molecule has 33 heavy (non-hydrogen) atoms. The first kappa shape index (κ1) is 22.3. The summed E-state index contributed by atoms with van der Waals surface area (Å²) in [5.74, 6) is 0.511. The third-order valence-corrected chi connectivity index (χ3v) is 6.02.